The zero-order valence-corrected chi connectivity index (χ0v) is 15.1. The number of fused-ring (bicyclic) bond motifs is 1. The summed E-state index contributed by atoms with van der Waals surface area (Å²) in [6, 6.07) is 3.06. The van der Waals surface area contributed by atoms with E-state index in [1.807, 2.05) is 5.32 Å². The Morgan fingerprint density at radius 3 is 2.71 bits per heavy atom. The number of hydrogen-bond donors (Lipinski definition) is 2. The highest BCUT2D eigenvalue weighted by atomic mass is 16.6. The Morgan fingerprint density at radius 2 is 2.07 bits per heavy atom. The van der Waals surface area contributed by atoms with Crippen molar-refractivity contribution in [3.63, 3.8) is 0 Å². The fourth-order valence-electron chi connectivity index (χ4n) is 2.35. The lowest BCUT2D eigenvalue weighted by atomic mass is 10.2. The minimum absolute atomic E-state index is 0.0706. The number of benzene rings is 1. The number of ether oxygens (including phenoxy) is 1. The molecule has 1 atom stereocenters. The lowest BCUT2D eigenvalue weighted by Crippen LogP contribution is -2.43. The van der Waals surface area contributed by atoms with Crippen molar-refractivity contribution in [1.82, 2.24) is 15.2 Å². The molecule has 1 unspecified atom stereocenters. The van der Waals surface area contributed by atoms with E-state index in [0.717, 1.165) is 6.07 Å². The number of hydrogen-bond acceptors (Lipinski definition) is 8. The summed E-state index contributed by atoms with van der Waals surface area (Å²) in [4.78, 5) is 56.6. The van der Waals surface area contributed by atoms with Crippen molar-refractivity contribution in [3.05, 3.63) is 38.9 Å². The van der Waals surface area contributed by atoms with Crippen LogP contribution in [0.1, 0.15) is 19.8 Å². The average molecular weight is 394 g/mol. The molecule has 0 aliphatic heterocycles. The lowest BCUT2D eigenvalue weighted by Gasteiger charge is -2.12. The third-order valence-corrected chi connectivity index (χ3v) is 3.77. The highest BCUT2D eigenvalue weighted by Crippen LogP contribution is 2.20. The molecule has 1 heterocycles. The number of carbonyl (C=O) groups excluding carboxylic acids is 3. The molecule has 1 aromatic heterocycles. The summed E-state index contributed by atoms with van der Waals surface area (Å²) in [5.41, 5.74) is 0.226. The summed E-state index contributed by atoms with van der Waals surface area (Å²) in [5, 5.41) is 14.9. The van der Waals surface area contributed by atoms with Crippen molar-refractivity contribution in [2.45, 2.75) is 32.4 Å². The molecule has 2 N–H and O–H groups in total. The zero-order chi connectivity index (χ0) is 20.8. The van der Waals surface area contributed by atoms with E-state index in [9.17, 15) is 29.3 Å². The Kier molecular flexibility index (Phi) is 6.47. The van der Waals surface area contributed by atoms with Crippen LogP contribution in [-0.2, 0) is 20.9 Å². The Hall–Kier alpha value is -3.70. The molecule has 0 bridgehead atoms. The summed E-state index contributed by atoms with van der Waals surface area (Å²) in [6.07, 6.45) is -1.06. The molecule has 0 radical (unpaired) electrons. The summed E-state index contributed by atoms with van der Waals surface area (Å²) >= 11 is 0. The highest BCUT2D eigenvalue weighted by molar-refractivity contribution is 5.96. The minimum Gasteiger partial charge on any atom is -0.453 e. The molecule has 0 aliphatic rings. The van der Waals surface area contributed by atoms with E-state index < -0.39 is 34.7 Å². The quantitative estimate of drug-likeness (QED) is 0.393. The van der Waals surface area contributed by atoms with E-state index in [0.29, 0.717) is 5.52 Å². The van der Waals surface area contributed by atoms with Gasteiger partial charge in [0.15, 0.2) is 11.7 Å². The van der Waals surface area contributed by atoms with Crippen LogP contribution in [0.3, 0.4) is 0 Å². The normalized spacial score (nSPS) is 11.6. The number of urea groups is 1. The number of non-ortho nitro benzene ring substituents is 1. The van der Waals surface area contributed by atoms with Crippen molar-refractivity contribution in [2.24, 2.45) is 0 Å². The summed E-state index contributed by atoms with van der Waals surface area (Å²) in [7, 11) is 1.33. The molecular weight excluding hydrogens is 376 g/mol. The number of imide groups is 1. The van der Waals surface area contributed by atoms with Gasteiger partial charge in [0, 0.05) is 26.1 Å². The Morgan fingerprint density at radius 1 is 1.36 bits per heavy atom. The van der Waals surface area contributed by atoms with Gasteiger partial charge in [-0.3, -0.25) is 29.6 Å². The third kappa shape index (κ3) is 4.93. The third-order valence-electron chi connectivity index (χ3n) is 3.77. The Labute approximate surface area is 157 Å². The molecule has 0 saturated heterocycles. The second kappa shape index (κ2) is 8.79. The fourth-order valence-corrected chi connectivity index (χ4v) is 2.35. The zero-order valence-electron chi connectivity index (χ0n) is 15.1. The maximum atomic E-state index is 11.9. The van der Waals surface area contributed by atoms with Gasteiger partial charge in [-0.15, -0.1) is 0 Å². The van der Waals surface area contributed by atoms with Gasteiger partial charge in [-0.05, 0) is 19.4 Å². The highest BCUT2D eigenvalue weighted by Gasteiger charge is 2.20. The number of nitro benzene ring substituents is 1. The molecule has 0 aliphatic carbocycles. The maximum absolute atomic E-state index is 11.9. The van der Waals surface area contributed by atoms with Crippen LogP contribution in [0.15, 0.2) is 27.4 Å². The summed E-state index contributed by atoms with van der Waals surface area (Å²) in [6.45, 7) is 1.43. The van der Waals surface area contributed by atoms with E-state index in [-0.39, 0.29) is 30.7 Å². The summed E-state index contributed by atoms with van der Waals surface area (Å²) < 4.78 is 11.2. The van der Waals surface area contributed by atoms with Gasteiger partial charge in [-0.2, -0.15) is 0 Å². The monoisotopic (exact) mass is 394 g/mol. The fraction of sp³-hybridized carbons (Fsp3) is 0.375. The van der Waals surface area contributed by atoms with Crippen molar-refractivity contribution >= 4 is 34.7 Å². The van der Waals surface area contributed by atoms with E-state index in [1.54, 1.807) is 0 Å². The number of nitrogens with zero attached hydrogens (tertiary/aromatic N) is 2. The number of nitro groups is 1. The van der Waals surface area contributed by atoms with Crippen LogP contribution in [0.4, 0.5) is 10.5 Å². The molecule has 28 heavy (non-hydrogen) atoms. The summed E-state index contributed by atoms with van der Waals surface area (Å²) in [5.74, 6) is -2.16. The molecule has 0 saturated carbocycles. The van der Waals surface area contributed by atoms with E-state index in [2.05, 4.69) is 5.32 Å². The lowest BCUT2D eigenvalue weighted by molar-refractivity contribution is -0.384. The van der Waals surface area contributed by atoms with Gasteiger partial charge >= 0.3 is 17.8 Å². The molecule has 0 spiro atoms. The molecule has 3 amide bonds. The number of aryl methyl sites for hydroxylation is 1. The first-order chi connectivity index (χ1) is 13.2. The molecule has 1 aromatic carbocycles. The van der Waals surface area contributed by atoms with Crippen LogP contribution in [0.2, 0.25) is 0 Å². The largest absolute Gasteiger partial charge is 0.453 e. The number of aromatic nitrogens is 1. The van der Waals surface area contributed by atoms with Crippen LogP contribution in [0.5, 0.6) is 0 Å². The molecule has 150 valence electrons. The smallest absolute Gasteiger partial charge is 0.419 e. The number of nitrogens with one attached hydrogen (secondary N) is 2. The molecule has 0 fully saturated rings. The van der Waals surface area contributed by atoms with Crippen LogP contribution >= 0.6 is 0 Å². The Bertz CT molecular complexity index is 977. The van der Waals surface area contributed by atoms with Gasteiger partial charge in [-0.1, -0.05) is 0 Å². The second-order valence-electron chi connectivity index (χ2n) is 5.73. The predicted octanol–water partition coefficient (Wildman–Crippen LogP) is 0.670. The first-order valence-electron chi connectivity index (χ1n) is 8.22. The number of esters is 1. The average Bonchev–Trinajstić information content (AvgIpc) is 2.95. The van der Waals surface area contributed by atoms with Crippen molar-refractivity contribution < 1.29 is 28.5 Å². The number of rotatable bonds is 7. The standard InChI is InChI=1S/C16H18N4O8/c1-9(14(22)18-15(23)17-2)27-13(21)4-3-7-19-11-6-5-10(20(25)26)8-12(11)28-16(19)24/h5-6,8-9H,3-4,7H2,1-2H3,(H2,17,18,22,23). The van der Waals surface area contributed by atoms with Gasteiger partial charge in [-0.25, -0.2) is 9.59 Å². The first-order valence-corrected chi connectivity index (χ1v) is 8.22. The van der Waals surface area contributed by atoms with Crippen molar-refractivity contribution in [3.8, 4) is 0 Å². The molecular formula is C16H18N4O8. The number of carbonyl (C=O) groups is 3. The molecule has 12 nitrogen and oxygen atoms in total. The molecule has 12 heteroatoms. The number of amides is 3. The first kappa shape index (κ1) is 20.6. The number of oxazole rings is 1. The van der Waals surface area contributed by atoms with Crippen LogP contribution < -0.4 is 16.4 Å². The van der Waals surface area contributed by atoms with Crippen LogP contribution in [-0.4, -0.2) is 40.5 Å². The topological polar surface area (TPSA) is 163 Å². The maximum Gasteiger partial charge on any atom is 0.419 e. The molecule has 2 rings (SSSR count). The minimum atomic E-state index is -1.16. The van der Waals surface area contributed by atoms with Gasteiger partial charge in [0.25, 0.3) is 11.6 Å². The molecule has 2 aromatic rings. The van der Waals surface area contributed by atoms with Gasteiger partial charge in [0.2, 0.25) is 0 Å². The van der Waals surface area contributed by atoms with E-state index >= 15 is 0 Å². The SMILES string of the molecule is CNC(=O)NC(=O)C(C)OC(=O)CCCn1c(=O)oc2cc([N+](=O)[O-])ccc21. The van der Waals surface area contributed by atoms with Crippen LogP contribution in [0, 0.1) is 10.1 Å². The van der Waals surface area contributed by atoms with Gasteiger partial charge in [0.05, 0.1) is 16.5 Å². The predicted molar refractivity (Wildman–Crippen MR) is 94.5 cm³/mol. The van der Waals surface area contributed by atoms with Gasteiger partial charge < -0.3 is 14.5 Å². The Balaban J connectivity index is 1.92. The second-order valence-corrected chi connectivity index (χ2v) is 5.73. The van der Waals surface area contributed by atoms with Crippen LogP contribution in [0.25, 0.3) is 11.1 Å². The van der Waals surface area contributed by atoms with E-state index in [1.165, 1.54) is 30.7 Å². The van der Waals surface area contributed by atoms with Crippen molar-refractivity contribution in [2.75, 3.05) is 7.05 Å². The van der Waals surface area contributed by atoms with E-state index in [4.69, 9.17) is 9.15 Å². The van der Waals surface area contributed by atoms with Crippen molar-refractivity contribution in [1.29, 1.82) is 0 Å². The van der Waals surface area contributed by atoms with Gasteiger partial charge in [0.1, 0.15) is 0 Å².